The van der Waals surface area contributed by atoms with E-state index in [-0.39, 0.29) is 25.0 Å². The van der Waals surface area contributed by atoms with Gasteiger partial charge in [-0.05, 0) is 25.7 Å². The number of fused-ring (bicyclic) bond motifs is 2. The van der Waals surface area contributed by atoms with Gasteiger partial charge in [0.25, 0.3) is 0 Å². The Morgan fingerprint density at radius 3 is 1.48 bits per heavy atom. The zero-order chi connectivity index (χ0) is 17.9. The van der Waals surface area contributed by atoms with E-state index < -0.39 is 59.8 Å². The Hall–Kier alpha value is -2.00. The van der Waals surface area contributed by atoms with Crippen LogP contribution in [0.1, 0.15) is 25.7 Å². The van der Waals surface area contributed by atoms with Crippen molar-refractivity contribution in [3.05, 3.63) is 0 Å². The van der Waals surface area contributed by atoms with Crippen molar-refractivity contribution in [2.75, 3.05) is 0 Å². The number of hydrogen-bond donors (Lipinski definition) is 2. The molecule has 2 saturated heterocycles. The van der Waals surface area contributed by atoms with Gasteiger partial charge < -0.3 is 24.4 Å². The summed E-state index contributed by atoms with van der Waals surface area (Å²) < 4.78 is 15.4. The van der Waals surface area contributed by atoms with Crippen molar-refractivity contribution in [3.63, 3.8) is 0 Å². The zero-order valence-electron chi connectivity index (χ0n) is 13.2. The van der Waals surface area contributed by atoms with Crippen molar-refractivity contribution in [2.24, 2.45) is 23.7 Å². The summed E-state index contributed by atoms with van der Waals surface area (Å²) in [7, 11) is 0. The summed E-state index contributed by atoms with van der Waals surface area (Å²) >= 11 is 0. The first kappa shape index (κ1) is 16.5. The molecule has 8 atom stereocenters. The van der Waals surface area contributed by atoms with Crippen molar-refractivity contribution in [1.82, 2.24) is 0 Å². The normalized spacial score (nSPS) is 44.0. The highest BCUT2D eigenvalue weighted by molar-refractivity contribution is 5.92. The van der Waals surface area contributed by atoms with Gasteiger partial charge in [-0.1, -0.05) is 0 Å². The van der Waals surface area contributed by atoms with Gasteiger partial charge in [-0.2, -0.15) is 0 Å². The summed E-state index contributed by atoms with van der Waals surface area (Å²) in [6.45, 7) is 0. The molecule has 0 spiro atoms. The molecule has 0 amide bonds. The Morgan fingerprint density at radius 2 is 1.12 bits per heavy atom. The lowest BCUT2D eigenvalue weighted by Crippen LogP contribution is -2.42. The van der Waals surface area contributed by atoms with Gasteiger partial charge in [-0.25, -0.2) is 0 Å². The topological polar surface area (TPSA) is 143 Å². The number of carboxylic acids is 2. The minimum atomic E-state index is -1.16. The van der Waals surface area contributed by atoms with Crippen LogP contribution in [0.5, 0.6) is 0 Å². The average molecular weight is 354 g/mol. The van der Waals surface area contributed by atoms with Gasteiger partial charge in [0, 0.05) is 0 Å². The van der Waals surface area contributed by atoms with E-state index in [9.17, 15) is 29.4 Å². The largest absolute Gasteiger partial charge is 0.481 e. The molecule has 4 fully saturated rings. The maximum absolute atomic E-state index is 12.4. The fraction of sp³-hybridized carbons (Fsp3) is 0.750. The average Bonchev–Trinajstić information content (AvgIpc) is 3.44. The number of carbonyl (C=O) groups excluding carboxylic acids is 2. The highest BCUT2D eigenvalue weighted by Crippen LogP contribution is 2.46. The molecule has 4 aliphatic rings. The first-order valence-corrected chi connectivity index (χ1v) is 8.40. The molecular weight excluding hydrogens is 336 g/mol. The lowest BCUT2D eigenvalue weighted by molar-refractivity contribution is -0.173. The van der Waals surface area contributed by atoms with Crippen LogP contribution in [0, 0.1) is 23.7 Å². The van der Waals surface area contributed by atoms with Crippen LogP contribution in [0.25, 0.3) is 0 Å². The van der Waals surface area contributed by atoms with Crippen LogP contribution in [0.4, 0.5) is 0 Å². The maximum Gasteiger partial charge on any atom is 0.317 e. The minimum absolute atomic E-state index is 0.139. The summed E-state index contributed by atoms with van der Waals surface area (Å²) in [5, 5.41) is 18.7. The van der Waals surface area contributed by atoms with E-state index in [1.165, 1.54) is 0 Å². The molecule has 9 nitrogen and oxygen atoms in total. The number of epoxide rings is 2. The molecule has 0 aromatic carbocycles. The second-order valence-corrected chi connectivity index (χ2v) is 7.11. The van der Waals surface area contributed by atoms with Gasteiger partial charge in [0.05, 0.1) is 48.1 Å². The number of ether oxygens (including phenoxy) is 3. The first-order chi connectivity index (χ1) is 11.9. The van der Waals surface area contributed by atoms with Crippen LogP contribution in [-0.4, -0.2) is 58.5 Å². The van der Waals surface area contributed by atoms with Crippen molar-refractivity contribution >= 4 is 23.9 Å². The molecule has 2 N–H and O–H groups in total. The Labute approximate surface area is 142 Å². The molecule has 0 aromatic heterocycles. The second-order valence-electron chi connectivity index (χ2n) is 7.11. The lowest BCUT2D eigenvalue weighted by Gasteiger charge is -2.26. The summed E-state index contributed by atoms with van der Waals surface area (Å²) in [5.41, 5.74) is 0. The number of carbonyl (C=O) groups is 4. The van der Waals surface area contributed by atoms with Crippen LogP contribution in [-0.2, 0) is 33.4 Å². The fourth-order valence-electron chi connectivity index (χ4n) is 4.32. The number of esters is 2. The summed E-state index contributed by atoms with van der Waals surface area (Å²) in [5.74, 6) is -8.10. The van der Waals surface area contributed by atoms with Crippen LogP contribution in [0.3, 0.4) is 0 Å². The Bertz CT molecular complexity index is 590. The van der Waals surface area contributed by atoms with E-state index in [0.29, 0.717) is 12.8 Å². The molecular formula is C16H18O9. The van der Waals surface area contributed by atoms with Crippen molar-refractivity contribution < 1.29 is 43.6 Å². The van der Waals surface area contributed by atoms with E-state index in [0.717, 1.165) is 0 Å². The molecule has 25 heavy (non-hydrogen) atoms. The van der Waals surface area contributed by atoms with Gasteiger partial charge in [0.15, 0.2) is 0 Å². The van der Waals surface area contributed by atoms with E-state index in [2.05, 4.69) is 0 Å². The number of carboxylic acid groups (broad SMARTS) is 2. The predicted molar refractivity (Wildman–Crippen MR) is 76.1 cm³/mol. The maximum atomic E-state index is 12.4. The van der Waals surface area contributed by atoms with Gasteiger partial charge in [0.1, 0.15) is 0 Å². The van der Waals surface area contributed by atoms with Crippen LogP contribution in [0.2, 0.25) is 0 Å². The quantitative estimate of drug-likeness (QED) is 0.399. The van der Waals surface area contributed by atoms with E-state index in [1.807, 2.05) is 0 Å². The third kappa shape index (κ3) is 2.81. The van der Waals surface area contributed by atoms with Crippen LogP contribution >= 0.6 is 0 Å². The molecule has 2 saturated carbocycles. The SMILES string of the molecule is O=C(OC(=O)C1CCC2OC2C1C(=O)O)C1CCC2OC2C1C(=O)O. The molecule has 2 aliphatic carbocycles. The molecule has 2 heterocycles. The van der Waals surface area contributed by atoms with Gasteiger partial charge in [0.2, 0.25) is 0 Å². The Kier molecular flexibility index (Phi) is 3.80. The van der Waals surface area contributed by atoms with Crippen molar-refractivity contribution in [3.8, 4) is 0 Å². The van der Waals surface area contributed by atoms with Crippen molar-refractivity contribution in [2.45, 2.75) is 50.1 Å². The molecule has 0 aromatic rings. The molecule has 0 bridgehead atoms. The molecule has 8 unspecified atom stereocenters. The summed E-state index contributed by atoms with van der Waals surface area (Å²) in [6, 6.07) is 0. The van der Waals surface area contributed by atoms with Gasteiger partial charge in [-0.3, -0.25) is 19.2 Å². The molecule has 136 valence electrons. The first-order valence-electron chi connectivity index (χ1n) is 8.40. The molecule has 2 aliphatic heterocycles. The van der Waals surface area contributed by atoms with Gasteiger partial charge >= 0.3 is 23.9 Å². The second kappa shape index (κ2) is 5.77. The molecule has 9 heteroatoms. The monoisotopic (exact) mass is 354 g/mol. The predicted octanol–water partition coefficient (Wildman–Crippen LogP) is -0.187. The number of rotatable bonds is 4. The third-order valence-electron chi connectivity index (χ3n) is 5.72. The molecule has 4 rings (SSSR count). The zero-order valence-corrected chi connectivity index (χ0v) is 13.2. The minimum Gasteiger partial charge on any atom is -0.481 e. The fourth-order valence-corrected chi connectivity index (χ4v) is 4.32. The Morgan fingerprint density at radius 1 is 0.720 bits per heavy atom. The standard InChI is InChI=1S/C16H18O9/c17-13(18)9-5(1-3-7-11(9)23-7)15(21)25-16(22)6-2-4-8-12(24-8)10(6)14(19)20/h5-12H,1-4H2,(H,17,18)(H,19,20). The lowest BCUT2D eigenvalue weighted by atomic mass is 9.78. The van der Waals surface area contributed by atoms with E-state index >= 15 is 0 Å². The smallest absolute Gasteiger partial charge is 0.317 e. The summed E-state index contributed by atoms with van der Waals surface area (Å²) in [4.78, 5) is 47.5. The van der Waals surface area contributed by atoms with Gasteiger partial charge in [-0.15, -0.1) is 0 Å². The number of aliphatic carboxylic acids is 2. The third-order valence-corrected chi connectivity index (χ3v) is 5.72. The highest BCUT2D eigenvalue weighted by atomic mass is 16.6. The molecule has 0 radical (unpaired) electrons. The highest BCUT2D eigenvalue weighted by Gasteiger charge is 2.59. The van der Waals surface area contributed by atoms with Crippen LogP contribution < -0.4 is 0 Å². The van der Waals surface area contributed by atoms with E-state index in [1.54, 1.807) is 0 Å². The Balaban J connectivity index is 1.43. The van der Waals surface area contributed by atoms with E-state index in [4.69, 9.17) is 14.2 Å². The van der Waals surface area contributed by atoms with Crippen molar-refractivity contribution in [1.29, 1.82) is 0 Å². The van der Waals surface area contributed by atoms with Crippen LogP contribution in [0.15, 0.2) is 0 Å². The number of hydrogen-bond acceptors (Lipinski definition) is 7. The summed E-state index contributed by atoms with van der Waals surface area (Å²) in [6.07, 6.45) is 0.319.